The molecule has 0 aromatic heterocycles. The molecule has 0 unspecified atom stereocenters. The van der Waals surface area contributed by atoms with E-state index >= 15 is 0 Å². The average Bonchev–Trinajstić information content (AvgIpc) is 2.05. The van der Waals surface area contributed by atoms with Crippen LogP contribution in [-0.4, -0.2) is 8.07 Å². The molecule has 0 N–H and O–H groups in total. The molecule has 0 saturated heterocycles. The molecule has 1 aromatic rings. The SMILES string of the molecule is C[Si](C)(C)C(=C(F)F)c1ccc(Cl)cc1. The Hall–Kier alpha value is -0.673. The van der Waals surface area contributed by atoms with Crippen molar-refractivity contribution in [1.29, 1.82) is 0 Å². The fourth-order valence-corrected chi connectivity index (χ4v) is 3.17. The van der Waals surface area contributed by atoms with Crippen molar-refractivity contribution in [3.05, 3.63) is 40.9 Å². The molecule has 0 aliphatic carbocycles. The highest BCUT2D eigenvalue weighted by atomic mass is 35.5. The summed E-state index contributed by atoms with van der Waals surface area (Å²) in [6.07, 6.45) is -1.57. The van der Waals surface area contributed by atoms with E-state index in [1.165, 1.54) is 0 Å². The quantitative estimate of drug-likeness (QED) is 0.656. The predicted octanol–water partition coefficient (Wildman–Crippen LogP) is 4.83. The van der Waals surface area contributed by atoms with E-state index in [-0.39, 0.29) is 5.20 Å². The minimum Gasteiger partial charge on any atom is -0.174 e. The summed E-state index contributed by atoms with van der Waals surface area (Å²) in [5, 5.41) is 0.770. The van der Waals surface area contributed by atoms with Crippen LogP contribution in [0.25, 0.3) is 5.20 Å². The van der Waals surface area contributed by atoms with Gasteiger partial charge < -0.3 is 0 Å². The topological polar surface area (TPSA) is 0 Å². The number of rotatable bonds is 2. The van der Waals surface area contributed by atoms with Gasteiger partial charge in [0, 0.05) is 10.2 Å². The van der Waals surface area contributed by atoms with Crippen molar-refractivity contribution in [2.24, 2.45) is 0 Å². The highest BCUT2D eigenvalue weighted by molar-refractivity contribution is 6.93. The van der Waals surface area contributed by atoms with Crippen LogP contribution >= 0.6 is 11.6 Å². The van der Waals surface area contributed by atoms with Crippen LogP contribution in [0.15, 0.2) is 30.3 Å². The second-order valence-corrected chi connectivity index (χ2v) is 9.83. The molecule has 0 atom stereocenters. The Kier molecular flexibility index (Phi) is 3.68. The van der Waals surface area contributed by atoms with E-state index in [1.54, 1.807) is 24.3 Å². The molecule has 0 saturated carbocycles. The van der Waals surface area contributed by atoms with Gasteiger partial charge >= 0.3 is 0 Å². The lowest BCUT2D eigenvalue weighted by Crippen LogP contribution is -2.23. The van der Waals surface area contributed by atoms with Crippen LogP contribution in [-0.2, 0) is 0 Å². The summed E-state index contributed by atoms with van der Waals surface area (Å²) in [7, 11) is -2.02. The molecule has 0 heterocycles. The summed E-state index contributed by atoms with van der Waals surface area (Å²) in [5.74, 6) is 0. The minimum atomic E-state index is -2.02. The van der Waals surface area contributed by atoms with E-state index in [0.717, 1.165) is 0 Å². The van der Waals surface area contributed by atoms with E-state index in [4.69, 9.17) is 11.6 Å². The van der Waals surface area contributed by atoms with Gasteiger partial charge in [-0.25, -0.2) is 0 Å². The predicted molar refractivity (Wildman–Crippen MR) is 63.9 cm³/mol. The lowest BCUT2D eigenvalue weighted by atomic mass is 10.2. The number of halogens is 3. The molecule has 4 heteroatoms. The van der Waals surface area contributed by atoms with Gasteiger partial charge in [-0.3, -0.25) is 0 Å². The van der Waals surface area contributed by atoms with Crippen LogP contribution < -0.4 is 0 Å². The Balaban J connectivity index is 3.25. The van der Waals surface area contributed by atoms with Crippen molar-refractivity contribution < 1.29 is 8.78 Å². The Morgan fingerprint density at radius 2 is 1.53 bits per heavy atom. The third-order valence-electron chi connectivity index (χ3n) is 2.07. The van der Waals surface area contributed by atoms with Gasteiger partial charge in [0.15, 0.2) is 0 Å². The first-order chi connectivity index (χ1) is 6.82. The molecule has 0 radical (unpaired) electrons. The molecule has 0 aliphatic heterocycles. The van der Waals surface area contributed by atoms with Crippen LogP contribution in [0.2, 0.25) is 24.7 Å². The molecular weight excluding hydrogens is 234 g/mol. The average molecular weight is 247 g/mol. The monoisotopic (exact) mass is 246 g/mol. The van der Waals surface area contributed by atoms with E-state index in [9.17, 15) is 8.78 Å². The van der Waals surface area contributed by atoms with Gasteiger partial charge in [-0.2, -0.15) is 8.78 Å². The Bertz CT molecular complexity index is 373. The van der Waals surface area contributed by atoms with Gasteiger partial charge in [-0.15, -0.1) is 0 Å². The lowest BCUT2D eigenvalue weighted by Gasteiger charge is -2.20. The Morgan fingerprint density at radius 3 is 1.87 bits per heavy atom. The second kappa shape index (κ2) is 4.45. The molecule has 15 heavy (non-hydrogen) atoms. The van der Waals surface area contributed by atoms with Gasteiger partial charge in [0.25, 0.3) is 6.08 Å². The zero-order valence-electron chi connectivity index (χ0n) is 8.94. The summed E-state index contributed by atoms with van der Waals surface area (Å²) in [6, 6.07) is 6.57. The first kappa shape index (κ1) is 12.4. The molecule has 1 rings (SSSR count). The van der Waals surface area contributed by atoms with E-state index in [0.29, 0.717) is 10.6 Å². The molecule has 1 aromatic carbocycles. The highest BCUT2D eigenvalue weighted by Gasteiger charge is 2.25. The Morgan fingerprint density at radius 1 is 1.07 bits per heavy atom. The van der Waals surface area contributed by atoms with Crippen LogP contribution in [0.1, 0.15) is 5.56 Å². The Labute approximate surface area is 94.6 Å². The third kappa shape index (κ3) is 3.14. The minimum absolute atomic E-state index is 0.208. The molecule has 82 valence electrons. The van der Waals surface area contributed by atoms with Crippen LogP contribution in [0.5, 0.6) is 0 Å². The summed E-state index contributed by atoms with van der Waals surface area (Å²) < 4.78 is 25.7. The molecule has 0 spiro atoms. The largest absolute Gasteiger partial charge is 0.270 e. The molecular formula is C11H13ClF2Si. The first-order valence-electron chi connectivity index (χ1n) is 4.64. The highest BCUT2D eigenvalue weighted by Crippen LogP contribution is 2.31. The van der Waals surface area contributed by atoms with Gasteiger partial charge in [-0.05, 0) is 17.7 Å². The summed E-state index contributed by atoms with van der Waals surface area (Å²) in [5.41, 5.74) is 0.582. The molecule has 0 aliphatic rings. The number of hydrogen-bond acceptors (Lipinski definition) is 0. The van der Waals surface area contributed by atoms with E-state index < -0.39 is 14.2 Å². The van der Waals surface area contributed by atoms with Crippen molar-refractivity contribution in [1.82, 2.24) is 0 Å². The van der Waals surface area contributed by atoms with Crippen molar-refractivity contribution in [2.75, 3.05) is 0 Å². The number of hydrogen-bond donors (Lipinski definition) is 0. The molecule has 0 bridgehead atoms. The smallest absolute Gasteiger partial charge is 0.174 e. The first-order valence-corrected chi connectivity index (χ1v) is 8.52. The zero-order valence-corrected chi connectivity index (χ0v) is 10.7. The molecule has 0 fully saturated rings. The fraction of sp³-hybridized carbons (Fsp3) is 0.273. The van der Waals surface area contributed by atoms with Gasteiger partial charge in [0.05, 0.1) is 8.07 Å². The van der Waals surface area contributed by atoms with Crippen molar-refractivity contribution >= 4 is 24.9 Å². The maximum atomic E-state index is 12.9. The van der Waals surface area contributed by atoms with E-state index in [1.807, 2.05) is 19.6 Å². The molecule has 0 amide bonds. The van der Waals surface area contributed by atoms with Crippen molar-refractivity contribution in [3.63, 3.8) is 0 Å². The van der Waals surface area contributed by atoms with Gasteiger partial charge in [-0.1, -0.05) is 43.4 Å². The van der Waals surface area contributed by atoms with Crippen molar-refractivity contribution in [3.8, 4) is 0 Å². The maximum absolute atomic E-state index is 12.9. The lowest BCUT2D eigenvalue weighted by molar-refractivity contribution is 0.427. The third-order valence-corrected chi connectivity index (χ3v) is 4.30. The fourth-order valence-electron chi connectivity index (χ4n) is 1.44. The zero-order chi connectivity index (χ0) is 11.6. The van der Waals surface area contributed by atoms with Gasteiger partial charge in [0.2, 0.25) is 0 Å². The summed E-state index contributed by atoms with van der Waals surface area (Å²) >= 11 is 5.72. The van der Waals surface area contributed by atoms with Gasteiger partial charge in [0.1, 0.15) is 0 Å². The summed E-state index contributed by atoms with van der Waals surface area (Å²) in [4.78, 5) is 0. The van der Waals surface area contributed by atoms with Crippen LogP contribution in [0, 0.1) is 0 Å². The van der Waals surface area contributed by atoms with E-state index in [2.05, 4.69) is 0 Å². The standard InChI is InChI=1S/C11H13ClF2Si/c1-15(2,3)10(11(13)14)8-4-6-9(12)7-5-8/h4-7H,1-3H3. The van der Waals surface area contributed by atoms with Crippen molar-refractivity contribution in [2.45, 2.75) is 19.6 Å². The maximum Gasteiger partial charge on any atom is 0.270 e. The van der Waals surface area contributed by atoms with Crippen LogP contribution in [0.3, 0.4) is 0 Å². The second-order valence-electron chi connectivity index (χ2n) is 4.39. The normalized spacial score (nSPS) is 11.3. The summed E-state index contributed by atoms with van der Waals surface area (Å²) in [6.45, 7) is 5.70. The van der Waals surface area contributed by atoms with Crippen LogP contribution in [0.4, 0.5) is 8.78 Å². The number of benzene rings is 1. The molecule has 0 nitrogen and oxygen atoms in total.